The number of hydrogen-bond donors (Lipinski definition) is 1. The summed E-state index contributed by atoms with van der Waals surface area (Å²) in [5.74, 6) is 1.48. The summed E-state index contributed by atoms with van der Waals surface area (Å²) in [6.07, 6.45) is 1.56. The summed E-state index contributed by atoms with van der Waals surface area (Å²) in [4.78, 5) is 0. The van der Waals surface area contributed by atoms with Gasteiger partial charge in [0.25, 0.3) is 0 Å². The molecule has 2 nitrogen and oxygen atoms in total. The average Bonchev–Trinajstić information content (AvgIpc) is 2.62. The Balaban J connectivity index is 2.09. The predicted octanol–water partition coefficient (Wildman–Crippen LogP) is 4.85. The van der Waals surface area contributed by atoms with E-state index in [0.717, 1.165) is 30.8 Å². The van der Waals surface area contributed by atoms with Gasteiger partial charge >= 0.3 is 0 Å². The molecule has 1 aliphatic heterocycles. The maximum absolute atomic E-state index is 10.5. The Morgan fingerprint density at radius 1 is 1.29 bits per heavy atom. The van der Waals surface area contributed by atoms with E-state index in [9.17, 15) is 5.11 Å². The van der Waals surface area contributed by atoms with E-state index >= 15 is 0 Å². The smallest absolute Gasteiger partial charge is 0.123 e. The van der Waals surface area contributed by atoms with Gasteiger partial charge in [-0.25, -0.2) is 0 Å². The SMILES string of the molecule is CC(CC(O)c1ccc2c(c1)C(C)(C)CO2)CC(C)(C)C. The molecule has 1 N–H and O–H groups in total. The Hall–Kier alpha value is -1.02. The fourth-order valence-corrected chi connectivity index (χ4v) is 3.39. The molecule has 0 radical (unpaired) electrons. The summed E-state index contributed by atoms with van der Waals surface area (Å²) >= 11 is 0. The zero-order valence-electron chi connectivity index (χ0n) is 14.4. The number of aliphatic hydroxyl groups excluding tert-OH is 1. The molecule has 2 atom stereocenters. The number of benzene rings is 1. The van der Waals surface area contributed by atoms with Gasteiger partial charge in [-0.3, -0.25) is 0 Å². The van der Waals surface area contributed by atoms with Crippen molar-refractivity contribution in [2.75, 3.05) is 6.61 Å². The van der Waals surface area contributed by atoms with Gasteiger partial charge in [0.1, 0.15) is 5.75 Å². The Kier molecular flexibility index (Phi) is 4.39. The van der Waals surface area contributed by atoms with Crippen LogP contribution < -0.4 is 4.74 Å². The molecule has 0 spiro atoms. The first-order chi connectivity index (χ1) is 9.58. The Bertz CT molecular complexity index is 497. The number of rotatable bonds is 4. The zero-order chi connectivity index (χ0) is 15.8. The summed E-state index contributed by atoms with van der Waals surface area (Å²) in [5.41, 5.74) is 2.60. The first-order valence-corrected chi connectivity index (χ1v) is 8.04. The molecule has 0 fully saturated rings. The van der Waals surface area contributed by atoms with Crippen LogP contribution in [0.4, 0.5) is 0 Å². The van der Waals surface area contributed by atoms with Crippen molar-refractivity contribution in [1.29, 1.82) is 0 Å². The van der Waals surface area contributed by atoms with Crippen molar-refractivity contribution in [2.45, 2.75) is 65.9 Å². The van der Waals surface area contributed by atoms with Crippen molar-refractivity contribution in [3.05, 3.63) is 29.3 Å². The van der Waals surface area contributed by atoms with Gasteiger partial charge in [0, 0.05) is 11.0 Å². The van der Waals surface area contributed by atoms with Gasteiger partial charge in [0.05, 0.1) is 12.7 Å². The minimum atomic E-state index is -0.385. The summed E-state index contributed by atoms with van der Waals surface area (Å²) in [7, 11) is 0. The highest BCUT2D eigenvalue weighted by Crippen LogP contribution is 2.40. The molecule has 0 saturated carbocycles. The average molecular weight is 290 g/mol. The maximum Gasteiger partial charge on any atom is 0.123 e. The van der Waals surface area contributed by atoms with Crippen LogP contribution in [-0.4, -0.2) is 11.7 Å². The van der Waals surface area contributed by atoms with E-state index in [1.54, 1.807) is 0 Å². The second-order valence-corrected chi connectivity index (χ2v) is 8.55. The van der Waals surface area contributed by atoms with E-state index in [1.807, 2.05) is 12.1 Å². The van der Waals surface area contributed by atoms with Crippen LogP contribution in [0.25, 0.3) is 0 Å². The van der Waals surface area contributed by atoms with Gasteiger partial charge in [-0.2, -0.15) is 0 Å². The lowest BCUT2D eigenvalue weighted by atomic mass is 9.81. The van der Waals surface area contributed by atoms with Crippen molar-refractivity contribution in [3.63, 3.8) is 0 Å². The van der Waals surface area contributed by atoms with E-state index < -0.39 is 0 Å². The van der Waals surface area contributed by atoms with Gasteiger partial charge in [0.15, 0.2) is 0 Å². The fourth-order valence-electron chi connectivity index (χ4n) is 3.39. The second kappa shape index (κ2) is 5.64. The van der Waals surface area contributed by atoms with E-state index in [0.29, 0.717) is 11.3 Å². The molecule has 2 unspecified atom stereocenters. The van der Waals surface area contributed by atoms with Gasteiger partial charge in [0.2, 0.25) is 0 Å². The molecular formula is C19H30O2. The molecule has 1 aromatic rings. The lowest BCUT2D eigenvalue weighted by Gasteiger charge is -2.25. The molecular weight excluding hydrogens is 260 g/mol. The maximum atomic E-state index is 10.5. The molecule has 0 bridgehead atoms. The molecule has 1 aliphatic rings. The number of fused-ring (bicyclic) bond motifs is 1. The van der Waals surface area contributed by atoms with Crippen LogP contribution >= 0.6 is 0 Å². The normalized spacial score (nSPS) is 19.8. The lowest BCUT2D eigenvalue weighted by molar-refractivity contribution is 0.134. The molecule has 0 aliphatic carbocycles. The predicted molar refractivity (Wildman–Crippen MR) is 87.8 cm³/mol. The fraction of sp³-hybridized carbons (Fsp3) is 0.684. The van der Waals surface area contributed by atoms with Crippen LogP contribution in [0, 0.1) is 11.3 Å². The third-order valence-corrected chi connectivity index (χ3v) is 4.29. The molecule has 118 valence electrons. The number of hydrogen-bond acceptors (Lipinski definition) is 2. The molecule has 1 aromatic carbocycles. The molecule has 21 heavy (non-hydrogen) atoms. The van der Waals surface area contributed by atoms with Crippen molar-refractivity contribution >= 4 is 0 Å². The van der Waals surface area contributed by atoms with E-state index in [4.69, 9.17) is 4.74 Å². The quantitative estimate of drug-likeness (QED) is 0.858. The minimum absolute atomic E-state index is 0.0437. The summed E-state index contributed by atoms with van der Waals surface area (Å²) in [6.45, 7) is 14.1. The number of aliphatic hydroxyl groups is 1. The van der Waals surface area contributed by atoms with Crippen molar-refractivity contribution in [3.8, 4) is 5.75 Å². The molecule has 0 amide bonds. The van der Waals surface area contributed by atoms with Crippen LogP contribution in [0.3, 0.4) is 0 Å². The monoisotopic (exact) mass is 290 g/mol. The van der Waals surface area contributed by atoms with Crippen molar-refractivity contribution < 1.29 is 9.84 Å². The molecule has 0 saturated heterocycles. The largest absolute Gasteiger partial charge is 0.492 e. The lowest BCUT2D eigenvalue weighted by Crippen LogP contribution is -2.18. The summed E-state index contributed by atoms with van der Waals surface area (Å²) in [5, 5.41) is 10.5. The van der Waals surface area contributed by atoms with Gasteiger partial charge in [-0.05, 0) is 41.9 Å². The Morgan fingerprint density at radius 2 is 1.95 bits per heavy atom. The first kappa shape index (κ1) is 16.4. The highest BCUT2D eigenvalue weighted by Gasteiger charge is 2.32. The molecule has 2 heteroatoms. The Morgan fingerprint density at radius 3 is 2.57 bits per heavy atom. The third kappa shape index (κ3) is 4.00. The summed E-state index contributed by atoms with van der Waals surface area (Å²) in [6, 6.07) is 6.16. The van der Waals surface area contributed by atoms with Crippen molar-refractivity contribution in [1.82, 2.24) is 0 Å². The zero-order valence-corrected chi connectivity index (χ0v) is 14.4. The van der Waals surface area contributed by atoms with Gasteiger partial charge in [-0.15, -0.1) is 0 Å². The van der Waals surface area contributed by atoms with Crippen LogP contribution in [0.5, 0.6) is 5.75 Å². The van der Waals surface area contributed by atoms with E-state index in [2.05, 4.69) is 47.6 Å². The van der Waals surface area contributed by atoms with Gasteiger partial charge < -0.3 is 9.84 Å². The number of ether oxygens (including phenoxy) is 1. The molecule has 0 aromatic heterocycles. The molecule has 2 rings (SSSR count). The first-order valence-electron chi connectivity index (χ1n) is 8.04. The van der Waals surface area contributed by atoms with Crippen LogP contribution in [0.1, 0.15) is 71.6 Å². The second-order valence-electron chi connectivity index (χ2n) is 8.55. The van der Waals surface area contributed by atoms with Crippen LogP contribution in [0.15, 0.2) is 18.2 Å². The van der Waals surface area contributed by atoms with Crippen LogP contribution in [-0.2, 0) is 5.41 Å². The Labute approximate surface area is 129 Å². The highest BCUT2D eigenvalue weighted by atomic mass is 16.5. The van der Waals surface area contributed by atoms with E-state index in [-0.39, 0.29) is 11.5 Å². The third-order valence-electron chi connectivity index (χ3n) is 4.29. The van der Waals surface area contributed by atoms with Gasteiger partial charge in [-0.1, -0.05) is 47.6 Å². The summed E-state index contributed by atoms with van der Waals surface area (Å²) < 4.78 is 5.71. The highest BCUT2D eigenvalue weighted by molar-refractivity contribution is 5.45. The topological polar surface area (TPSA) is 29.5 Å². The molecule has 1 heterocycles. The minimum Gasteiger partial charge on any atom is -0.492 e. The van der Waals surface area contributed by atoms with Crippen molar-refractivity contribution in [2.24, 2.45) is 11.3 Å². The van der Waals surface area contributed by atoms with Crippen LogP contribution in [0.2, 0.25) is 0 Å². The van der Waals surface area contributed by atoms with E-state index in [1.165, 1.54) is 5.56 Å². The standard InChI is InChI=1S/C19H30O2/c1-13(11-18(2,3)4)9-16(20)14-7-8-17-15(10-14)19(5,6)12-21-17/h7-8,10,13,16,20H,9,11-12H2,1-6H3.